The molecule has 0 aliphatic heterocycles. The average Bonchev–Trinajstić information content (AvgIpc) is 2.76. The van der Waals surface area contributed by atoms with Gasteiger partial charge in [0, 0.05) is 29.7 Å². The van der Waals surface area contributed by atoms with E-state index in [9.17, 15) is 4.79 Å². The topological polar surface area (TPSA) is 54.0 Å². The second-order valence-electron chi connectivity index (χ2n) is 3.86. The Morgan fingerprint density at radius 2 is 2.11 bits per heavy atom. The van der Waals surface area contributed by atoms with Gasteiger partial charge in [-0.15, -0.1) is 11.3 Å². The highest BCUT2D eigenvalue weighted by molar-refractivity contribution is 7.11. The molecule has 0 unspecified atom stereocenters. The molecule has 0 fully saturated rings. The van der Waals surface area contributed by atoms with Crippen molar-refractivity contribution in [2.75, 3.05) is 11.9 Å². The molecule has 4 nitrogen and oxygen atoms in total. The lowest BCUT2D eigenvalue weighted by molar-refractivity contribution is 0.252. The number of para-hydroxylation sites is 1. The second kappa shape index (κ2) is 6.16. The summed E-state index contributed by atoms with van der Waals surface area (Å²) in [6.07, 6.45) is 2.62. The summed E-state index contributed by atoms with van der Waals surface area (Å²) in [6, 6.07) is 9.19. The summed E-state index contributed by atoms with van der Waals surface area (Å²) in [5.41, 5.74) is 0.792. The molecule has 1 heterocycles. The number of thiazole rings is 1. The van der Waals surface area contributed by atoms with Crippen molar-refractivity contribution in [3.8, 4) is 0 Å². The molecule has 1 aromatic carbocycles. The molecule has 2 aromatic rings. The molecule has 0 spiro atoms. The Hall–Kier alpha value is -1.88. The molecule has 0 aliphatic rings. The Bertz CT molecular complexity index is 510. The number of benzene rings is 1. The van der Waals surface area contributed by atoms with E-state index in [1.54, 1.807) is 11.3 Å². The highest BCUT2D eigenvalue weighted by Gasteiger charge is 2.02. The smallest absolute Gasteiger partial charge is 0.319 e. The van der Waals surface area contributed by atoms with Gasteiger partial charge < -0.3 is 10.6 Å². The predicted octanol–water partition coefficient (Wildman–Crippen LogP) is 2.82. The summed E-state index contributed by atoms with van der Waals surface area (Å²) < 4.78 is 0. The monoisotopic (exact) mass is 261 g/mol. The van der Waals surface area contributed by atoms with Crippen LogP contribution in [0.5, 0.6) is 0 Å². The van der Waals surface area contributed by atoms with Gasteiger partial charge in [0.1, 0.15) is 0 Å². The van der Waals surface area contributed by atoms with Crippen molar-refractivity contribution in [2.24, 2.45) is 0 Å². The predicted molar refractivity (Wildman–Crippen MR) is 74.0 cm³/mol. The lowest BCUT2D eigenvalue weighted by atomic mass is 10.3. The Balaban J connectivity index is 1.72. The summed E-state index contributed by atoms with van der Waals surface area (Å²) in [6.45, 7) is 2.61. The largest absolute Gasteiger partial charge is 0.337 e. The molecule has 0 bridgehead atoms. The van der Waals surface area contributed by atoms with Gasteiger partial charge in [-0.1, -0.05) is 18.2 Å². The van der Waals surface area contributed by atoms with Crippen LogP contribution >= 0.6 is 11.3 Å². The number of aryl methyl sites for hydroxylation is 1. The van der Waals surface area contributed by atoms with Crippen LogP contribution in [0.4, 0.5) is 10.5 Å². The Labute approximate surface area is 110 Å². The maximum absolute atomic E-state index is 11.6. The number of anilines is 1. The minimum atomic E-state index is -0.186. The quantitative estimate of drug-likeness (QED) is 0.889. The Morgan fingerprint density at radius 1 is 1.33 bits per heavy atom. The third-order valence-corrected chi connectivity index (χ3v) is 3.30. The van der Waals surface area contributed by atoms with Gasteiger partial charge in [-0.3, -0.25) is 0 Å². The lowest BCUT2D eigenvalue weighted by Crippen LogP contribution is -2.30. The zero-order valence-corrected chi connectivity index (χ0v) is 11.0. The molecular weight excluding hydrogens is 246 g/mol. The molecule has 0 saturated carbocycles. The molecule has 18 heavy (non-hydrogen) atoms. The first-order valence-corrected chi connectivity index (χ1v) is 6.57. The molecule has 2 rings (SSSR count). The van der Waals surface area contributed by atoms with Crippen LogP contribution in [-0.2, 0) is 6.42 Å². The fourth-order valence-corrected chi connectivity index (χ4v) is 2.28. The molecule has 2 amide bonds. The van der Waals surface area contributed by atoms with Crippen molar-refractivity contribution in [3.05, 3.63) is 46.4 Å². The maximum atomic E-state index is 11.6. The van der Waals surface area contributed by atoms with Crippen LogP contribution in [0.25, 0.3) is 0 Å². The zero-order valence-electron chi connectivity index (χ0n) is 10.1. The molecule has 0 saturated heterocycles. The van der Waals surface area contributed by atoms with E-state index in [0.717, 1.165) is 17.1 Å². The van der Waals surface area contributed by atoms with Gasteiger partial charge in [-0.25, -0.2) is 9.78 Å². The number of carbonyl (C=O) groups excluding carboxylic acids is 1. The number of nitrogens with one attached hydrogen (secondary N) is 2. The van der Waals surface area contributed by atoms with Crippen LogP contribution in [0.15, 0.2) is 36.5 Å². The number of rotatable bonds is 4. The first kappa shape index (κ1) is 12.6. The van der Waals surface area contributed by atoms with Crippen LogP contribution in [0.2, 0.25) is 0 Å². The number of carbonyl (C=O) groups is 1. The Kier molecular flexibility index (Phi) is 4.30. The minimum Gasteiger partial charge on any atom is -0.337 e. The second-order valence-corrected chi connectivity index (χ2v) is 5.18. The third-order valence-electron chi connectivity index (χ3n) is 2.33. The van der Waals surface area contributed by atoms with Crippen molar-refractivity contribution < 1.29 is 4.79 Å². The number of amides is 2. The molecule has 94 valence electrons. The van der Waals surface area contributed by atoms with Gasteiger partial charge in [0.25, 0.3) is 0 Å². The molecule has 0 atom stereocenters. The standard InChI is InChI=1S/C13H15N3OS/c1-10-9-15-12(18-10)7-8-14-13(17)16-11-5-3-2-4-6-11/h2-6,9H,7-8H2,1H3,(H2,14,16,17). The van der Waals surface area contributed by atoms with E-state index in [4.69, 9.17) is 0 Å². The van der Waals surface area contributed by atoms with E-state index in [2.05, 4.69) is 15.6 Å². The maximum Gasteiger partial charge on any atom is 0.319 e. The SMILES string of the molecule is Cc1cnc(CCNC(=O)Nc2ccccc2)s1. The van der Waals surface area contributed by atoms with E-state index in [1.165, 1.54) is 4.88 Å². The summed E-state index contributed by atoms with van der Waals surface area (Å²) in [4.78, 5) is 17.0. The van der Waals surface area contributed by atoms with Gasteiger partial charge in [0.15, 0.2) is 0 Å². The van der Waals surface area contributed by atoms with E-state index < -0.39 is 0 Å². The van der Waals surface area contributed by atoms with Crippen LogP contribution in [-0.4, -0.2) is 17.6 Å². The van der Waals surface area contributed by atoms with E-state index >= 15 is 0 Å². The first-order valence-electron chi connectivity index (χ1n) is 5.75. The van der Waals surface area contributed by atoms with Crippen molar-refractivity contribution in [2.45, 2.75) is 13.3 Å². The normalized spacial score (nSPS) is 10.1. The van der Waals surface area contributed by atoms with Gasteiger partial charge >= 0.3 is 6.03 Å². The first-order chi connectivity index (χ1) is 8.74. The Morgan fingerprint density at radius 3 is 2.78 bits per heavy atom. The fourth-order valence-electron chi connectivity index (χ4n) is 1.50. The fraction of sp³-hybridized carbons (Fsp3) is 0.231. The summed E-state index contributed by atoms with van der Waals surface area (Å²) in [5, 5.41) is 6.62. The van der Waals surface area contributed by atoms with Crippen LogP contribution in [0.1, 0.15) is 9.88 Å². The molecule has 2 N–H and O–H groups in total. The van der Waals surface area contributed by atoms with E-state index in [0.29, 0.717) is 6.54 Å². The summed E-state index contributed by atoms with van der Waals surface area (Å²) in [7, 11) is 0. The molecule has 5 heteroatoms. The summed E-state index contributed by atoms with van der Waals surface area (Å²) in [5.74, 6) is 0. The summed E-state index contributed by atoms with van der Waals surface area (Å²) >= 11 is 1.66. The van der Waals surface area contributed by atoms with Gasteiger partial charge in [0.2, 0.25) is 0 Å². The van der Waals surface area contributed by atoms with Crippen LogP contribution < -0.4 is 10.6 Å². The molecule has 1 aromatic heterocycles. The number of hydrogen-bond donors (Lipinski definition) is 2. The third kappa shape index (κ3) is 3.85. The van der Waals surface area contributed by atoms with E-state index in [-0.39, 0.29) is 6.03 Å². The van der Waals surface area contributed by atoms with Crippen LogP contribution in [0.3, 0.4) is 0 Å². The minimum absolute atomic E-state index is 0.186. The highest BCUT2D eigenvalue weighted by atomic mass is 32.1. The number of hydrogen-bond acceptors (Lipinski definition) is 3. The van der Waals surface area contributed by atoms with Gasteiger partial charge in [-0.05, 0) is 19.1 Å². The number of urea groups is 1. The van der Waals surface area contributed by atoms with Gasteiger partial charge in [0.05, 0.1) is 5.01 Å². The van der Waals surface area contributed by atoms with Crippen molar-refractivity contribution in [1.29, 1.82) is 0 Å². The molecule has 0 radical (unpaired) electrons. The number of aromatic nitrogens is 1. The number of nitrogens with zero attached hydrogens (tertiary/aromatic N) is 1. The molecule has 0 aliphatic carbocycles. The van der Waals surface area contributed by atoms with Crippen molar-refractivity contribution in [1.82, 2.24) is 10.3 Å². The highest BCUT2D eigenvalue weighted by Crippen LogP contribution is 2.11. The van der Waals surface area contributed by atoms with Crippen molar-refractivity contribution in [3.63, 3.8) is 0 Å². The zero-order chi connectivity index (χ0) is 12.8. The van der Waals surface area contributed by atoms with E-state index in [1.807, 2.05) is 43.5 Å². The van der Waals surface area contributed by atoms with Gasteiger partial charge in [-0.2, -0.15) is 0 Å². The van der Waals surface area contributed by atoms with Crippen LogP contribution in [0, 0.1) is 6.92 Å². The molecular formula is C13H15N3OS. The average molecular weight is 261 g/mol. The lowest BCUT2D eigenvalue weighted by Gasteiger charge is -2.06. The van der Waals surface area contributed by atoms with Crippen molar-refractivity contribution >= 4 is 23.1 Å².